The summed E-state index contributed by atoms with van der Waals surface area (Å²) in [6.45, 7) is 0. The fourth-order valence-electron chi connectivity index (χ4n) is 1.74. The predicted octanol–water partition coefficient (Wildman–Crippen LogP) is 4.47. The molecule has 0 radical (unpaired) electrons. The van der Waals surface area contributed by atoms with E-state index in [1.165, 1.54) is 0 Å². The maximum Gasteiger partial charge on any atom is 0.185 e. The molecule has 0 fully saturated rings. The highest BCUT2D eigenvalue weighted by Crippen LogP contribution is 2.39. The van der Waals surface area contributed by atoms with E-state index in [1.807, 2.05) is 0 Å². The molecule has 0 bridgehead atoms. The van der Waals surface area contributed by atoms with Crippen LogP contribution >= 0.6 is 24.8 Å². The summed E-state index contributed by atoms with van der Waals surface area (Å²) >= 11 is 0. The molecule has 2 rings (SSSR count). The number of benzene rings is 2. The van der Waals surface area contributed by atoms with Gasteiger partial charge < -0.3 is 11.5 Å². The van der Waals surface area contributed by atoms with Crippen molar-refractivity contribution >= 4 is 36.2 Å². The third kappa shape index (κ3) is 2.91. The van der Waals surface area contributed by atoms with E-state index in [4.69, 9.17) is 11.5 Å². The lowest BCUT2D eigenvalue weighted by Gasteiger charge is -2.13. The minimum absolute atomic E-state index is 0. The van der Waals surface area contributed by atoms with Gasteiger partial charge in [0.25, 0.3) is 0 Å². The second kappa shape index (κ2) is 7.31. The Morgan fingerprint density at radius 2 is 0.542 bits per heavy atom. The lowest BCUT2D eigenvalue weighted by atomic mass is 10.0. The molecule has 12 heteroatoms. The molecule has 0 aliphatic heterocycles. The topological polar surface area (TPSA) is 52.0 Å². The van der Waals surface area contributed by atoms with E-state index < -0.39 is 69.0 Å². The van der Waals surface area contributed by atoms with Crippen LogP contribution in [0.2, 0.25) is 0 Å². The lowest BCUT2D eigenvalue weighted by Crippen LogP contribution is -2.10. The Morgan fingerprint density at radius 1 is 0.375 bits per heavy atom. The molecule has 0 amide bonds. The average molecular weight is 401 g/mol. The number of halogens is 10. The second-order valence-electron chi connectivity index (χ2n) is 4.09. The normalized spacial score (nSPS) is 10.2. The number of rotatable bonds is 1. The van der Waals surface area contributed by atoms with Gasteiger partial charge in [-0.2, -0.15) is 0 Å². The molecule has 0 aromatic heterocycles. The van der Waals surface area contributed by atoms with Crippen molar-refractivity contribution in [2.75, 3.05) is 11.5 Å². The third-order valence-electron chi connectivity index (χ3n) is 2.84. The first kappa shape index (κ1) is 22.1. The van der Waals surface area contributed by atoms with Crippen LogP contribution in [0.3, 0.4) is 0 Å². The minimum atomic E-state index is -2.32. The smallest absolute Gasteiger partial charge is 0.185 e. The molecule has 0 unspecified atom stereocenters. The summed E-state index contributed by atoms with van der Waals surface area (Å²) in [5.41, 5.74) is 2.23. The van der Waals surface area contributed by atoms with Crippen molar-refractivity contribution in [2.45, 2.75) is 0 Å². The molecule has 0 aliphatic rings. The third-order valence-corrected chi connectivity index (χ3v) is 2.84. The van der Waals surface area contributed by atoms with Gasteiger partial charge in [0, 0.05) is 0 Å². The van der Waals surface area contributed by atoms with Gasteiger partial charge in [-0.25, -0.2) is 35.1 Å². The zero-order chi connectivity index (χ0) is 16.9. The van der Waals surface area contributed by atoms with Crippen molar-refractivity contribution in [2.24, 2.45) is 0 Å². The van der Waals surface area contributed by atoms with Crippen LogP contribution in [0.4, 0.5) is 46.5 Å². The number of hydrogen-bond acceptors (Lipinski definition) is 2. The molecular formula is C12H6Cl2F8N2. The van der Waals surface area contributed by atoms with Crippen molar-refractivity contribution in [1.82, 2.24) is 0 Å². The molecule has 2 aromatic rings. The average Bonchev–Trinajstić information content (AvgIpc) is 2.50. The molecular weight excluding hydrogens is 395 g/mol. The molecule has 0 saturated carbocycles. The summed E-state index contributed by atoms with van der Waals surface area (Å²) in [4.78, 5) is 0. The van der Waals surface area contributed by atoms with Crippen LogP contribution in [0.5, 0.6) is 0 Å². The zero-order valence-corrected chi connectivity index (χ0v) is 12.6. The van der Waals surface area contributed by atoms with Gasteiger partial charge in [-0.1, -0.05) is 0 Å². The Morgan fingerprint density at radius 3 is 0.708 bits per heavy atom. The van der Waals surface area contributed by atoms with Gasteiger partial charge in [-0.05, 0) is 0 Å². The number of nitrogen functional groups attached to an aromatic ring is 2. The molecule has 2 nitrogen and oxygen atoms in total. The van der Waals surface area contributed by atoms with Gasteiger partial charge in [0.1, 0.15) is 11.4 Å². The molecule has 0 atom stereocenters. The van der Waals surface area contributed by atoms with Gasteiger partial charge in [-0.3, -0.25) is 0 Å². The van der Waals surface area contributed by atoms with Gasteiger partial charge in [-0.15, -0.1) is 24.8 Å². The van der Waals surface area contributed by atoms with E-state index in [-0.39, 0.29) is 24.8 Å². The molecule has 4 N–H and O–H groups in total. The molecule has 0 aliphatic carbocycles. The van der Waals surface area contributed by atoms with Crippen molar-refractivity contribution in [3.05, 3.63) is 46.5 Å². The van der Waals surface area contributed by atoms with Gasteiger partial charge in [0.2, 0.25) is 0 Å². The van der Waals surface area contributed by atoms with Gasteiger partial charge in [0.05, 0.1) is 11.1 Å². The maximum atomic E-state index is 13.6. The van der Waals surface area contributed by atoms with Crippen LogP contribution < -0.4 is 11.5 Å². The molecule has 0 spiro atoms. The van der Waals surface area contributed by atoms with Crippen LogP contribution in [0.1, 0.15) is 0 Å². The number of anilines is 2. The Bertz CT molecular complexity index is 687. The fourth-order valence-corrected chi connectivity index (χ4v) is 1.74. The summed E-state index contributed by atoms with van der Waals surface area (Å²) in [6, 6.07) is 0. The van der Waals surface area contributed by atoms with E-state index in [1.54, 1.807) is 0 Å². The summed E-state index contributed by atoms with van der Waals surface area (Å²) in [6.07, 6.45) is 0. The standard InChI is InChI=1S/C12H4F8N2.2ClH/c13-3-1(4(14)8(18)11(21)7(3)17)2-5(15)9(19)12(22)10(20)6(2)16;;/h21-22H2;2*1H. The van der Waals surface area contributed by atoms with Crippen molar-refractivity contribution in [3.63, 3.8) is 0 Å². The summed E-state index contributed by atoms with van der Waals surface area (Å²) in [7, 11) is 0. The van der Waals surface area contributed by atoms with E-state index in [9.17, 15) is 35.1 Å². The lowest BCUT2D eigenvalue weighted by molar-refractivity contribution is 0.447. The summed E-state index contributed by atoms with van der Waals surface area (Å²) < 4.78 is 108. The van der Waals surface area contributed by atoms with Crippen molar-refractivity contribution in [3.8, 4) is 11.1 Å². The first-order valence-corrected chi connectivity index (χ1v) is 5.34. The molecule has 134 valence electrons. The fraction of sp³-hybridized carbons (Fsp3) is 0. The number of hydrogen-bond donors (Lipinski definition) is 2. The van der Waals surface area contributed by atoms with E-state index in [0.717, 1.165) is 0 Å². The molecule has 24 heavy (non-hydrogen) atoms. The van der Waals surface area contributed by atoms with E-state index in [0.29, 0.717) is 0 Å². The highest BCUT2D eigenvalue weighted by molar-refractivity contribution is 5.85. The van der Waals surface area contributed by atoms with Crippen LogP contribution in [0.15, 0.2) is 0 Å². The van der Waals surface area contributed by atoms with Gasteiger partial charge in [0.15, 0.2) is 46.5 Å². The van der Waals surface area contributed by atoms with E-state index >= 15 is 0 Å². The number of nitrogens with two attached hydrogens (primary N) is 2. The predicted molar refractivity (Wildman–Crippen MR) is 74.9 cm³/mol. The summed E-state index contributed by atoms with van der Waals surface area (Å²) in [5.74, 6) is -18.0. The Kier molecular flexibility index (Phi) is 6.71. The van der Waals surface area contributed by atoms with E-state index in [2.05, 4.69) is 0 Å². The van der Waals surface area contributed by atoms with Crippen LogP contribution in [0.25, 0.3) is 11.1 Å². The SMILES string of the molecule is Cl.Cl.Nc1c(F)c(F)c(-c2c(F)c(F)c(N)c(F)c2F)c(F)c1F. The molecule has 0 heterocycles. The molecule has 2 aromatic carbocycles. The Balaban J connectivity index is 0.00000264. The van der Waals surface area contributed by atoms with Crippen LogP contribution in [-0.2, 0) is 0 Å². The second-order valence-corrected chi connectivity index (χ2v) is 4.09. The molecule has 0 saturated heterocycles. The first-order valence-electron chi connectivity index (χ1n) is 5.34. The Labute approximate surface area is 141 Å². The van der Waals surface area contributed by atoms with Crippen molar-refractivity contribution < 1.29 is 35.1 Å². The maximum absolute atomic E-state index is 13.6. The largest absolute Gasteiger partial charge is 0.394 e. The highest BCUT2D eigenvalue weighted by Gasteiger charge is 2.32. The monoisotopic (exact) mass is 400 g/mol. The summed E-state index contributed by atoms with van der Waals surface area (Å²) in [5, 5.41) is 0. The quantitative estimate of drug-likeness (QED) is 0.421. The first-order chi connectivity index (χ1) is 10.1. The Hall–Kier alpha value is -1.94. The zero-order valence-electron chi connectivity index (χ0n) is 11.0. The highest BCUT2D eigenvalue weighted by atomic mass is 35.5. The van der Waals surface area contributed by atoms with Gasteiger partial charge >= 0.3 is 0 Å². The van der Waals surface area contributed by atoms with Crippen LogP contribution in [-0.4, -0.2) is 0 Å². The van der Waals surface area contributed by atoms with Crippen molar-refractivity contribution in [1.29, 1.82) is 0 Å². The van der Waals surface area contributed by atoms with Crippen LogP contribution in [0, 0.1) is 46.5 Å². The minimum Gasteiger partial charge on any atom is -0.394 e.